The molecule has 3 rings (SSSR count). The predicted octanol–water partition coefficient (Wildman–Crippen LogP) is 3.18. The molecular weight excluding hydrogens is 364 g/mol. The summed E-state index contributed by atoms with van der Waals surface area (Å²) in [7, 11) is 3.97. The van der Waals surface area contributed by atoms with Crippen LogP contribution in [0.2, 0.25) is 0 Å². The van der Waals surface area contributed by atoms with Crippen molar-refractivity contribution in [2.24, 2.45) is 0 Å². The summed E-state index contributed by atoms with van der Waals surface area (Å²) < 4.78 is 1.40. The predicted molar refractivity (Wildman–Crippen MR) is 116 cm³/mol. The topological polar surface area (TPSA) is 58.4 Å². The molecule has 0 aliphatic heterocycles. The highest BCUT2D eigenvalue weighted by atomic mass is 16.2. The number of aromatic nitrogens is 2. The van der Waals surface area contributed by atoms with Gasteiger partial charge in [0.15, 0.2) is 5.69 Å². The lowest BCUT2D eigenvalue weighted by molar-refractivity contribution is 0.0725. The summed E-state index contributed by atoms with van der Waals surface area (Å²) in [6.07, 6.45) is 0. The Kier molecular flexibility index (Phi) is 6.44. The average Bonchev–Trinajstić information content (AvgIpc) is 2.71. The van der Waals surface area contributed by atoms with Gasteiger partial charge in [0.1, 0.15) is 0 Å². The van der Waals surface area contributed by atoms with Crippen LogP contribution in [-0.2, 0) is 6.54 Å². The van der Waals surface area contributed by atoms with Crippen molar-refractivity contribution in [3.05, 3.63) is 76.2 Å². The molecule has 152 valence electrons. The molecule has 0 bridgehead atoms. The van der Waals surface area contributed by atoms with E-state index in [1.54, 1.807) is 17.0 Å². The first-order valence-corrected chi connectivity index (χ1v) is 9.88. The van der Waals surface area contributed by atoms with Crippen LogP contribution in [0.1, 0.15) is 35.9 Å². The Labute approximate surface area is 171 Å². The highest BCUT2D eigenvalue weighted by Gasteiger charge is 2.23. The maximum atomic E-state index is 13.6. The molecule has 0 N–H and O–H groups in total. The monoisotopic (exact) mass is 392 g/mol. The van der Waals surface area contributed by atoms with Crippen molar-refractivity contribution in [3.63, 3.8) is 0 Å². The Bertz CT molecular complexity index is 1040. The third kappa shape index (κ3) is 4.71. The molecule has 0 aliphatic rings. The van der Waals surface area contributed by atoms with Crippen LogP contribution >= 0.6 is 0 Å². The summed E-state index contributed by atoms with van der Waals surface area (Å²) in [6.45, 7) is 5.58. The van der Waals surface area contributed by atoms with Crippen LogP contribution in [0, 0.1) is 0 Å². The zero-order valence-corrected chi connectivity index (χ0v) is 17.5. The van der Waals surface area contributed by atoms with E-state index in [1.807, 2.05) is 75.3 Å². The standard InChI is InChI=1S/C23H28N4O2/c1-17(2)27-22(28)20-13-9-8-12-19(20)21(24-27)23(29)26(15-14-25(3)4)16-18-10-6-5-7-11-18/h5-13,17H,14-16H2,1-4H3. The fourth-order valence-electron chi connectivity index (χ4n) is 3.24. The number of nitrogens with zero attached hydrogens (tertiary/aromatic N) is 4. The number of benzene rings is 2. The van der Waals surface area contributed by atoms with Crippen molar-refractivity contribution < 1.29 is 4.79 Å². The summed E-state index contributed by atoms with van der Waals surface area (Å²) >= 11 is 0. The van der Waals surface area contributed by atoms with Gasteiger partial charge in [0.05, 0.1) is 11.4 Å². The maximum absolute atomic E-state index is 13.6. The Morgan fingerprint density at radius 1 is 0.966 bits per heavy atom. The van der Waals surface area contributed by atoms with Gasteiger partial charge in [-0.15, -0.1) is 0 Å². The Morgan fingerprint density at radius 2 is 1.59 bits per heavy atom. The van der Waals surface area contributed by atoms with Crippen molar-refractivity contribution in [1.82, 2.24) is 19.6 Å². The van der Waals surface area contributed by atoms with E-state index in [1.165, 1.54) is 4.68 Å². The molecule has 6 heteroatoms. The van der Waals surface area contributed by atoms with Crippen LogP contribution < -0.4 is 5.56 Å². The lowest BCUT2D eigenvalue weighted by Gasteiger charge is -2.25. The van der Waals surface area contributed by atoms with Crippen LogP contribution in [0.15, 0.2) is 59.4 Å². The number of amides is 1. The molecule has 0 atom stereocenters. The third-order valence-corrected chi connectivity index (χ3v) is 4.84. The number of rotatable bonds is 7. The number of carbonyl (C=O) groups excluding carboxylic acids is 1. The summed E-state index contributed by atoms with van der Waals surface area (Å²) in [4.78, 5) is 30.2. The van der Waals surface area contributed by atoms with Gasteiger partial charge in [-0.1, -0.05) is 48.5 Å². The van der Waals surface area contributed by atoms with Crippen LogP contribution in [0.5, 0.6) is 0 Å². The minimum Gasteiger partial charge on any atom is -0.332 e. The molecule has 0 spiro atoms. The van der Waals surface area contributed by atoms with E-state index in [2.05, 4.69) is 5.10 Å². The minimum absolute atomic E-state index is 0.136. The molecule has 29 heavy (non-hydrogen) atoms. The highest BCUT2D eigenvalue weighted by Crippen LogP contribution is 2.18. The molecule has 0 saturated heterocycles. The first kappa shape index (κ1) is 20.7. The number of hydrogen-bond acceptors (Lipinski definition) is 4. The molecule has 1 amide bonds. The second kappa shape index (κ2) is 9.01. The van der Waals surface area contributed by atoms with Gasteiger partial charge in [-0.3, -0.25) is 9.59 Å². The van der Waals surface area contributed by atoms with Gasteiger partial charge in [-0.25, -0.2) is 4.68 Å². The summed E-state index contributed by atoms with van der Waals surface area (Å²) in [6, 6.07) is 17.0. The first-order chi connectivity index (χ1) is 13.9. The van der Waals surface area contributed by atoms with E-state index in [0.29, 0.717) is 29.6 Å². The van der Waals surface area contributed by atoms with Crippen LogP contribution in [0.3, 0.4) is 0 Å². The van der Waals surface area contributed by atoms with Crippen molar-refractivity contribution >= 4 is 16.7 Å². The van der Waals surface area contributed by atoms with E-state index in [9.17, 15) is 9.59 Å². The van der Waals surface area contributed by atoms with Crippen LogP contribution in [0.25, 0.3) is 10.8 Å². The normalized spacial score (nSPS) is 11.4. The van der Waals surface area contributed by atoms with Gasteiger partial charge in [-0.05, 0) is 39.6 Å². The zero-order valence-electron chi connectivity index (χ0n) is 17.5. The Balaban J connectivity index is 2.07. The van der Waals surface area contributed by atoms with Crippen LogP contribution in [0.4, 0.5) is 0 Å². The van der Waals surface area contributed by atoms with Gasteiger partial charge in [-0.2, -0.15) is 5.10 Å². The molecule has 1 aromatic heterocycles. The highest BCUT2D eigenvalue weighted by molar-refractivity contribution is 6.04. The molecule has 0 radical (unpaired) electrons. The summed E-state index contributed by atoms with van der Waals surface area (Å²) in [5.41, 5.74) is 1.21. The molecule has 1 heterocycles. The van der Waals surface area contributed by atoms with Gasteiger partial charge >= 0.3 is 0 Å². The van der Waals surface area contributed by atoms with Crippen molar-refractivity contribution in [1.29, 1.82) is 0 Å². The summed E-state index contributed by atoms with van der Waals surface area (Å²) in [5.74, 6) is -0.165. The Hall–Kier alpha value is -2.99. The SMILES string of the molecule is CC(C)n1nc(C(=O)N(CCN(C)C)Cc2ccccc2)c2ccccc2c1=O. The van der Waals surface area contributed by atoms with Crippen molar-refractivity contribution in [3.8, 4) is 0 Å². The fraction of sp³-hybridized carbons (Fsp3) is 0.348. The third-order valence-electron chi connectivity index (χ3n) is 4.84. The number of likely N-dealkylation sites (N-methyl/N-ethyl adjacent to an activating group) is 1. The van der Waals surface area contributed by atoms with E-state index >= 15 is 0 Å². The average molecular weight is 393 g/mol. The second-order valence-electron chi connectivity index (χ2n) is 7.75. The van der Waals surface area contributed by atoms with E-state index in [4.69, 9.17) is 0 Å². The quantitative estimate of drug-likeness (QED) is 0.620. The maximum Gasteiger partial charge on any atom is 0.275 e. The van der Waals surface area contributed by atoms with Gasteiger partial charge in [0, 0.05) is 25.0 Å². The number of fused-ring (bicyclic) bond motifs is 1. The minimum atomic E-state index is -0.171. The van der Waals surface area contributed by atoms with Gasteiger partial charge in [0.2, 0.25) is 0 Å². The lowest BCUT2D eigenvalue weighted by atomic mass is 10.1. The smallest absolute Gasteiger partial charge is 0.275 e. The second-order valence-corrected chi connectivity index (χ2v) is 7.75. The molecule has 3 aromatic rings. The molecule has 0 aliphatic carbocycles. The summed E-state index contributed by atoms with van der Waals surface area (Å²) in [5, 5.41) is 5.61. The van der Waals surface area contributed by atoms with Crippen molar-refractivity contribution in [2.75, 3.05) is 27.2 Å². The van der Waals surface area contributed by atoms with E-state index in [-0.39, 0.29) is 17.5 Å². The molecular formula is C23H28N4O2. The lowest BCUT2D eigenvalue weighted by Crippen LogP contribution is -2.38. The van der Waals surface area contributed by atoms with Gasteiger partial charge in [0.25, 0.3) is 11.5 Å². The van der Waals surface area contributed by atoms with E-state index < -0.39 is 0 Å². The fourth-order valence-corrected chi connectivity index (χ4v) is 3.24. The van der Waals surface area contributed by atoms with Gasteiger partial charge < -0.3 is 9.80 Å². The number of carbonyl (C=O) groups is 1. The molecule has 0 unspecified atom stereocenters. The molecule has 6 nitrogen and oxygen atoms in total. The largest absolute Gasteiger partial charge is 0.332 e. The Morgan fingerprint density at radius 3 is 2.21 bits per heavy atom. The zero-order chi connectivity index (χ0) is 21.0. The van der Waals surface area contributed by atoms with Crippen LogP contribution in [-0.4, -0.2) is 52.7 Å². The molecule has 2 aromatic carbocycles. The molecule has 0 fully saturated rings. The molecule has 0 saturated carbocycles. The van der Waals surface area contributed by atoms with E-state index in [0.717, 1.165) is 12.1 Å². The first-order valence-electron chi connectivity index (χ1n) is 9.88. The van der Waals surface area contributed by atoms with Crippen molar-refractivity contribution in [2.45, 2.75) is 26.4 Å². The number of hydrogen-bond donors (Lipinski definition) is 0.